The molecule has 0 bridgehead atoms. The van der Waals surface area contributed by atoms with E-state index in [9.17, 15) is 19.5 Å². The largest absolute Gasteiger partial charge is 0.412 e. The Morgan fingerprint density at radius 3 is 2.07 bits per heavy atom. The van der Waals surface area contributed by atoms with E-state index in [1.165, 1.54) is 0 Å². The Balaban J connectivity index is 1.55. The van der Waals surface area contributed by atoms with Gasteiger partial charge in [0.2, 0.25) is 5.91 Å². The van der Waals surface area contributed by atoms with Crippen LogP contribution in [0, 0.1) is 19.8 Å². The van der Waals surface area contributed by atoms with Gasteiger partial charge in [0.15, 0.2) is 0 Å². The van der Waals surface area contributed by atoms with Gasteiger partial charge in [0, 0.05) is 19.1 Å². The van der Waals surface area contributed by atoms with E-state index in [-0.39, 0.29) is 24.3 Å². The van der Waals surface area contributed by atoms with Gasteiger partial charge in [-0.05, 0) is 67.7 Å². The highest BCUT2D eigenvalue weighted by Crippen LogP contribution is 2.23. The van der Waals surface area contributed by atoms with Gasteiger partial charge in [-0.15, -0.1) is 0 Å². The number of ether oxygens (including phenoxy) is 1. The van der Waals surface area contributed by atoms with E-state index in [1.807, 2.05) is 107 Å². The third-order valence-electron chi connectivity index (χ3n) is 8.22. The van der Waals surface area contributed by atoms with Crippen LogP contribution in [-0.4, -0.2) is 65.4 Å². The molecule has 1 fully saturated rings. The highest BCUT2D eigenvalue weighted by molar-refractivity contribution is 5.87. The first-order chi connectivity index (χ1) is 21.6. The Labute approximate surface area is 266 Å². The normalized spacial score (nSPS) is 15.9. The zero-order valence-electron chi connectivity index (χ0n) is 26.7. The minimum atomic E-state index is -1.03. The van der Waals surface area contributed by atoms with E-state index in [1.54, 1.807) is 4.90 Å². The molecule has 0 aromatic heterocycles. The lowest BCUT2D eigenvalue weighted by Crippen LogP contribution is -2.59. The quantitative estimate of drug-likeness (QED) is 0.218. The number of carbonyl (C=O) groups excluding carboxylic acids is 3. The zero-order valence-corrected chi connectivity index (χ0v) is 26.7. The average molecular weight is 615 g/mol. The molecule has 0 saturated carbocycles. The second-order valence-electron chi connectivity index (χ2n) is 12.2. The fourth-order valence-electron chi connectivity index (χ4n) is 5.94. The van der Waals surface area contributed by atoms with Crippen molar-refractivity contribution in [3.63, 3.8) is 0 Å². The van der Waals surface area contributed by atoms with Crippen LogP contribution in [0.3, 0.4) is 0 Å². The Hall–Kier alpha value is -4.37. The lowest BCUT2D eigenvalue weighted by molar-refractivity contribution is -0.128. The summed E-state index contributed by atoms with van der Waals surface area (Å²) in [7, 11) is 0. The second-order valence-corrected chi connectivity index (χ2v) is 12.2. The predicted molar refractivity (Wildman–Crippen MR) is 175 cm³/mol. The molecule has 45 heavy (non-hydrogen) atoms. The summed E-state index contributed by atoms with van der Waals surface area (Å²) < 4.78 is 5.72. The molecule has 9 heteroatoms. The molecular weight excluding hydrogens is 568 g/mol. The second kappa shape index (κ2) is 16.1. The number of benzene rings is 3. The molecule has 1 heterocycles. The molecule has 3 aromatic rings. The van der Waals surface area contributed by atoms with Gasteiger partial charge in [0.05, 0.1) is 12.1 Å². The molecule has 1 aliphatic heterocycles. The van der Waals surface area contributed by atoms with Gasteiger partial charge in [-0.3, -0.25) is 4.79 Å². The summed E-state index contributed by atoms with van der Waals surface area (Å²) >= 11 is 0. The van der Waals surface area contributed by atoms with Crippen molar-refractivity contribution in [2.45, 2.75) is 77.6 Å². The Morgan fingerprint density at radius 2 is 1.49 bits per heavy atom. The van der Waals surface area contributed by atoms with Crippen molar-refractivity contribution in [2.24, 2.45) is 5.92 Å². The molecule has 0 radical (unpaired) electrons. The number of hydrogen-bond donors (Lipinski definition) is 4. The number of rotatable bonds is 13. The van der Waals surface area contributed by atoms with Crippen molar-refractivity contribution in [3.05, 3.63) is 101 Å². The number of nitrogens with one attached hydrogen (secondary N) is 3. The van der Waals surface area contributed by atoms with Crippen LogP contribution in [0.2, 0.25) is 0 Å². The number of urea groups is 1. The van der Waals surface area contributed by atoms with Gasteiger partial charge in [0.1, 0.15) is 11.8 Å². The molecule has 0 aliphatic carbocycles. The molecule has 1 aliphatic rings. The van der Waals surface area contributed by atoms with Crippen LogP contribution in [-0.2, 0) is 17.6 Å². The van der Waals surface area contributed by atoms with Crippen LogP contribution < -0.4 is 20.7 Å². The van der Waals surface area contributed by atoms with E-state index >= 15 is 0 Å². The van der Waals surface area contributed by atoms with Gasteiger partial charge in [-0.25, -0.2) is 9.59 Å². The summed E-state index contributed by atoms with van der Waals surface area (Å²) in [6.45, 7) is 8.69. The summed E-state index contributed by atoms with van der Waals surface area (Å²) in [5.74, 6) is 0.0964. The maximum absolute atomic E-state index is 13.8. The summed E-state index contributed by atoms with van der Waals surface area (Å²) in [6.07, 6.45) is 0.0647. The zero-order chi connectivity index (χ0) is 32.3. The van der Waals surface area contributed by atoms with Crippen LogP contribution in [0.4, 0.5) is 9.59 Å². The van der Waals surface area contributed by atoms with Gasteiger partial charge < -0.3 is 30.7 Å². The first kappa shape index (κ1) is 33.5. The molecule has 1 saturated heterocycles. The summed E-state index contributed by atoms with van der Waals surface area (Å²) in [5.41, 5.74) is 3.60. The van der Waals surface area contributed by atoms with E-state index in [2.05, 4.69) is 16.0 Å². The summed E-state index contributed by atoms with van der Waals surface area (Å²) in [5, 5.41) is 20.6. The molecule has 4 amide bonds. The van der Waals surface area contributed by atoms with E-state index < -0.39 is 30.3 Å². The van der Waals surface area contributed by atoms with Crippen LogP contribution in [0.15, 0.2) is 78.9 Å². The standard InChI is InChI=1S/C36H46N4O5/c1-24(2)32(40-20-12-19-37-35(40)43)34(42)38-29(21-27-15-7-5-8-16-27)23-31(41)30(22-28-17-9-6-10-18-28)39-36(44)45-33-25(3)13-11-14-26(33)4/h5-11,13-18,24,29-32,41H,12,19-23H2,1-4H3,(H,37,43)(H,38,42)(H,39,44)/t29-,30?,31-,32-/m0/s1. The Morgan fingerprint density at radius 1 is 0.889 bits per heavy atom. The van der Waals surface area contributed by atoms with Gasteiger partial charge in [0.25, 0.3) is 0 Å². The third-order valence-corrected chi connectivity index (χ3v) is 8.22. The molecule has 240 valence electrons. The summed E-state index contributed by atoms with van der Waals surface area (Å²) in [4.78, 5) is 41.3. The number of amides is 4. The average Bonchev–Trinajstić information content (AvgIpc) is 3.00. The van der Waals surface area contributed by atoms with Crippen LogP contribution >= 0.6 is 0 Å². The Kier molecular flexibility index (Phi) is 12.0. The lowest BCUT2D eigenvalue weighted by Gasteiger charge is -2.37. The van der Waals surface area contributed by atoms with Crippen molar-refractivity contribution in [1.82, 2.24) is 20.9 Å². The number of para-hydroxylation sites is 1. The fourth-order valence-corrected chi connectivity index (χ4v) is 5.94. The lowest BCUT2D eigenvalue weighted by atomic mass is 9.93. The monoisotopic (exact) mass is 614 g/mol. The van der Waals surface area contributed by atoms with E-state index in [0.29, 0.717) is 31.7 Å². The number of aryl methyl sites for hydroxylation is 2. The van der Waals surface area contributed by atoms with Gasteiger partial charge in [-0.1, -0.05) is 92.7 Å². The predicted octanol–water partition coefficient (Wildman–Crippen LogP) is 4.92. The number of aliphatic hydroxyl groups is 1. The highest BCUT2D eigenvalue weighted by Gasteiger charge is 2.35. The molecule has 0 spiro atoms. The molecule has 4 N–H and O–H groups in total. The van der Waals surface area contributed by atoms with Crippen molar-refractivity contribution >= 4 is 18.0 Å². The number of nitrogens with zero attached hydrogens (tertiary/aromatic N) is 1. The number of hydrogen-bond acceptors (Lipinski definition) is 5. The highest BCUT2D eigenvalue weighted by atomic mass is 16.6. The SMILES string of the molecule is Cc1cccc(C)c1OC(=O)NC(Cc1ccccc1)[C@@H](O)C[C@H](Cc1ccccc1)NC(=O)[C@H](C(C)C)N1CCCNC1=O. The van der Waals surface area contributed by atoms with Crippen LogP contribution in [0.1, 0.15) is 48.9 Å². The fraction of sp³-hybridized carbons (Fsp3) is 0.417. The molecule has 4 atom stereocenters. The minimum Gasteiger partial charge on any atom is -0.410 e. The van der Waals surface area contributed by atoms with Gasteiger partial charge in [-0.2, -0.15) is 0 Å². The third kappa shape index (κ3) is 9.56. The van der Waals surface area contributed by atoms with E-state index in [4.69, 9.17) is 4.74 Å². The molecule has 4 rings (SSSR count). The molecule has 1 unspecified atom stereocenters. The first-order valence-electron chi connectivity index (χ1n) is 15.8. The topological polar surface area (TPSA) is 120 Å². The summed E-state index contributed by atoms with van der Waals surface area (Å²) in [6, 6.07) is 22.9. The smallest absolute Gasteiger partial charge is 0.410 e. The van der Waals surface area contributed by atoms with Crippen LogP contribution in [0.5, 0.6) is 5.75 Å². The molecule has 3 aromatic carbocycles. The van der Waals surface area contributed by atoms with E-state index in [0.717, 1.165) is 28.7 Å². The van der Waals surface area contributed by atoms with Crippen molar-refractivity contribution in [3.8, 4) is 5.75 Å². The minimum absolute atomic E-state index is 0.122. The number of aliphatic hydroxyl groups excluding tert-OH is 1. The first-order valence-corrected chi connectivity index (χ1v) is 15.8. The van der Waals surface area contributed by atoms with Crippen molar-refractivity contribution < 1.29 is 24.2 Å². The maximum atomic E-state index is 13.8. The molecule has 9 nitrogen and oxygen atoms in total. The molecular formula is C36H46N4O5. The number of carbonyl (C=O) groups is 3. The Bertz CT molecular complexity index is 1400. The van der Waals surface area contributed by atoms with Crippen LogP contribution in [0.25, 0.3) is 0 Å². The van der Waals surface area contributed by atoms with Gasteiger partial charge >= 0.3 is 12.1 Å². The van der Waals surface area contributed by atoms with Crippen molar-refractivity contribution in [2.75, 3.05) is 13.1 Å². The van der Waals surface area contributed by atoms with Crippen molar-refractivity contribution in [1.29, 1.82) is 0 Å². The maximum Gasteiger partial charge on any atom is 0.412 e.